The average molecular weight is 434 g/mol. The lowest BCUT2D eigenvalue weighted by molar-refractivity contribution is -0.0558. The maximum absolute atomic E-state index is 12.5. The van der Waals surface area contributed by atoms with Gasteiger partial charge >= 0.3 is 6.18 Å². The van der Waals surface area contributed by atoms with Gasteiger partial charge in [-0.3, -0.25) is 0 Å². The molecule has 0 amide bonds. The molecular formula is C25H27ClF3N. The Morgan fingerprint density at radius 3 is 2.07 bits per heavy atom. The Bertz CT molecular complexity index is 996. The maximum Gasteiger partial charge on any atom is 0.444 e. The van der Waals surface area contributed by atoms with Gasteiger partial charge in [0.1, 0.15) is 0 Å². The predicted octanol–water partition coefficient (Wildman–Crippen LogP) is 8.43. The van der Waals surface area contributed by atoms with Gasteiger partial charge in [0.15, 0.2) is 0 Å². The zero-order chi connectivity index (χ0) is 22.3. The monoisotopic (exact) mass is 433 g/mol. The third-order valence-corrected chi connectivity index (χ3v) is 6.34. The van der Waals surface area contributed by atoms with Crippen LogP contribution in [0.25, 0.3) is 11.6 Å². The van der Waals surface area contributed by atoms with Crippen LogP contribution in [-0.2, 0) is 10.8 Å². The van der Waals surface area contributed by atoms with Crippen molar-refractivity contribution in [1.82, 2.24) is 0 Å². The van der Waals surface area contributed by atoms with Crippen LogP contribution in [0, 0.1) is 0 Å². The van der Waals surface area contributed by atoms with E-state index in [4.69, 9.17) is 11.6 Å². The molecule has 0 saturated carbocycles. The summed E-state index contributed by atoms with van der Waals surface area (Å²) >= 11 is 5.22. The zero-order valence-electron chi connectivity index (χ0n) is 18.0. The van der Waals surface area contributed by atoms with Crippen LogP contribution < -0.4 is 0 Å². The molecule has 1 aliphatic carbocycles. The number of allylic oxidation sites excluding steroid dienone is 1. The van der Waals surface area contributed by atoms with Crippen molar-refractivity contribution in [2.45, 2.75) is 64.5 Å². The third-order valence-electron chi connectivity index (χ3n) is 6.04. The SMILES string of the molecule is CC(=Cc1ccc2c(c1)C(C)(C)CCC2(C)C)c1ccc(N=C(Cl)C(F)(F)F)cc1. The van der Waals surface area contributed by atoms with Crippen LogP contribution in [0.1, 0.15) is 69.7 Å². The summed E-state index contributed by atoms with van der Waals surface area (Å²) in [7, 11) is 0. The van der Waals surface area contributed by atoms with Crippen LogP contribution in [0.15, 0.2) is 47.5 Å². The van der Waals surface area contributed by atoms with Gasteiger partial charge < -0.3 is 0 Å². The summed E-state index contributed by atoms with van der Waals surface area (Å²) in [5.41, 5.74) is 6.38. The summed E-state index contributed by atoms with van der Waals surface area (Å²) < 4.78 is 37.6. The molecule has 0 spiro atoms. The van der Waals surface area contributed by atoms with Crippen LogP contribution in [0.4, 0.5) is 18.9 Å². The molecule has 1 aliphatic rings. The van der Waals surface area contributed by atoms with Gasteiger partial charge in [0.2, 0.25) is 5.17 Å². The molecule has 3 rings (SSSR count). The molecule has 0 heterocycles. The Kier molecular flexibility index (Phi) is 5.94. The summed E-state index contributed by atoms with van der Waals surface area (Å²) in [6, 6.07) is 13.3. The molecule has 0 radical (unpaired) electrons. The van der Waals surface area contributed by atoms with Crippen molar-refractivity contribution >= 4 is 34.1 Å². The molecule has 2 aromatic carbocycles. The highest BCUT2D eigenvalue weighted by Crippen LogP contribution is 2.46. The molecule has 0 aromatic heterocycles. The predicted molar refractivity (Wildman–Crippen MR) is 121 cm³/mol. The van der Waals surface area contributed by atoms with Gasteiger partial charge in [0, 0.05) is 0 Å². The van der Waals surface area contributed by atoms with E-state index in [1.165, 1.54) is 17.5 Å². The van der Waals surface area contributed by atoms with Crippen molar-refractivity contribution in [2.75, 3.05) is 0 Å². The quantitative estimate of drug-likeness (QED) is 0.340. The van der Waals surface area contributed by atoms with Gasteiger partial charge in [-0.15, -0.1) is 0 Å². The molecule has 0 fully saturated rings. The van der Waals surface area contributed by atoms with Crippen LogP contribution in [0.2, 0.25) is 0 Å². The highest BCUT2D eigenvalue weighted by Gasteiger charge is 2.37. The Balaban J connectivity index is 1.89. The fourth-order valence-electron chi connectivity index (χ4n) is 4.00. The van der Waals surface area contributed by atoms with Crippen LogP contribution >= 0.6 is 11.6 Å². The minimum absolute atomic E-state index is 0.139. The molecule has 0 N–H and O–H groups in total. The molecule has 30 heavy (non-hydrogen) atoms. The van der Waals surface area contributed by atoms with Gasteiger partial charge in [-0.25, -0.2) is 4.99 Å². The van der Waals surface area contributed by atoms with Crippen LogP contribution in [-0.4, -0.2) is 11.3 Å². The van der Waals surface area contributed by atoms with Gasteiger partial charge in [0.25, 0.3) is 0 Å². The summed E-state index contributed by atoms with van der Waals surface area (Å²) in [5.74, 6) is 0. The fourth-order valence-corrected chi connectivity index (χ4v) is 4.10. The van der Waals surface area contributed by atoms with E-state index in [0.29, 0.717) is 0 Å². The molecule has 0 aliphatic heterocycles. The van der Waals surface area contributed by atoms with Gasteiger partial charge in [-0.05, 0) is 70.6 Å². The van der Waals surface area contributed by atoms with E-state index in [0.717, 1.165) is 23.1 Å². The van der Waals surface area contributed by atoms with Crippen molar-refractivity contribution in [3.05, 3.63) is 64.7 Å². The summed E-state index contributed by atoms with van der Waals surface area (Å²) in [4.78, 5) is 3.43. The van der Waals surface area contributed by atoms with E-state index in [9.17, 15) is 13.2 Å². The first-order valence-corrected chi connectivity index (χ1v) is 10.4. The second-order valence-electron chi connectivity index (χ2n) is 9.35. The van der Waals surface area contributed by atoms with E-state index in [1.807, 2.05) is 6.92 Å². The van der Waals surface area contributed by atoms with Gasteiger partial charge in [-0.2, -0.15) is 13.2 Å². The first-order valence-electron chi connectivity index (χ1n) is 10.0. The smallest absolute Gasteiger partial charge is 0.232 e. The molecule has 1 nitrogen and oxygen atoms in total. The summed E-state index contributed by atoms with van der Waals surface area (Å²) in [6.45, 7) is 11.2. The summed E-state index contributed by atoms with van der Waals surface area (Å²) in [5, 5.41) is -1.37. The van der Waals surface area contributed by atoms with Crippen molar-refractivity contribution in [1.29, 1.82) is 0 Å². The number of hydrogen-bond donors (Lipinski definition) is 0. The van der Waals surface area contributed by atoms with Crippen molar-refractivity contribution in [3.63, 3.8) is 0 Å². The summed E-state index contributed by atoms with van der Waals surface area (Å²) in [6.07, 6.45) is -0.195. The first-order chi connectivity index (χ1) is 13.8. The number of halogens is 4. The van der Waals surface area contributed by atoms with Gasteiger partial charge in [0.05, 0.1) is 5.69 Å². The average Bonchev–Trinajstić information content (AvgIpc) is 2.65. The second-order valence-corrected chi connectivity index (χ2v) is 9.71. The normalized spacial score (nSPS) is 18.8. The third kappa shape index (κ3) is 4.80. The van der Waals surface area contributed by atoms with Crippen molar-refractivity contribution < 1.29 is 13.2 Å². The van der Waals surface area contributed by atoms with E-state index in [1.54, 1.807) is 24.3 Å². The van der Waals surface area contributed by atoms with Crippen LogP contribution in [0.5, 0.6) is 0 Å². The molecule has 0 atom stereocenters. The Morgan fingerprint density at radius 1 is 0.933 bits per heavy atom. The number of aliphatic imine (C=N–C) groups is 1. The second kappa shape index (κ2) is 7.88. The van der Waals surface area contributed by atoms with E-state index < -0.39 is 11.3 Å². The number of hydrogen-bond acceptors (Lipinski definition) is 1. The number of rotatable bonds is 3. The Hall–Kier alpha value is -2.07. The lowest BCUT2D eigenvalue weighted by Crippen LogP contribution is -2.33. The molecule has 0 bridgehead atoms. The minimum Gasteiger partial charge on any atom is -0.232 e. The van der Waals surface area contributed by atoms with E-state index >= 15 is 0 Å². The lowest BCUT2D eigenvalue weighted by Gasteiger charge is -2.42. The van der Waals surface area contributed by atoms with Crippen LogP contribution in [0.3, 0.4) is 0 Å². The molecule has 0 unspecified atom stereocenters. The number of alkyl halides is 3. The molecule has 2 aromatic rings. The first kappa shape index (κ1) is 22.6. The topological polar surface area (TPSA) is 12.4 Å². The number of fused-ring (bicyclic) bond motifs is 1. The standard InChI is InChI=1S/C25H27ClF3N/c1-16(18-7-9-19(10-8-18)30-22(26)25(27,28)29)14-17-6-11-20-21(15-17)24(4,5)13-12-23(20,2)3/h6-11,14-15H,12-13H2,1-5H3. The minimum atomic E-state index is -4.63. The molecule has 0 saturated heterocycles. The van der Waals surface area contributed by atoms with E-state index in [2.05, 4.69) is 57.0 Å². The number of benzene rings is 2. The molecular weight excluding hydrogens is 407 g/mol. The highest BCUT2D eigenvalue weighted by molar-refractivity contribution is 6.67. The van der Waals surface area contributed by atoms with Crippen molar-refractivity contribution in [3.8, 4) is 0 Å². The largest absolute Gasteiger partial charge is 0.444 e. The lowest BCUT2D eigenvalue weighted by atomic mass is 9.63. The molecule has 160 valence electrons. The van der Waals surface area contributed by atoms with Gasteiger partial charge in [-0.1, -0.05) is 75.7 Å². The number of nitrogens with zero attached hydrogens (tertiary/aromatic N) is 1. The van der Waals surface area contributed by atoms with E-state index in [-0.39, 0.29) is 16.5 Å². The highest BCUT2D eigenvalue weighted by atomic mass is 35.5. The Morgan fingerprint density at radius 2 is 1.50 bits per heavy atom. The zero-order valence-corrected chi connectivity index (χ0v) is 18.7. The Labute approximate surface area is 181 Å². The molecule has 5 heteroatoms. The maximum atomic E-state index is 12.5. The fraction of sp³-hybridized carbons (Fsp3) is 0.400. The van der Waals surface area contributed by atoms with Crippen molar-refractivity contribution in [2.24, 2.45) is 4.99 Å².